The zero-order valence-corrected chi connectivity index (χ0v) is 10.7. The van der Waals surface area contributed by atoms with Crippen molar-refractivity contribution in [3.8, 4) is 0 Å². The van der Waals surface area contributed by atoms with Crippen molar-refractivity contribution >= 4 is 33.6 Å². The molecule has 0 bridgehead atoms. The summed E-state index contributed by atoms with van der Waals surface area (Å²) in [6.07, 6.45) is 2.03. The van der Waals surface area contributed by atoms with Crippen LogP contribution in [0.1, 0.15) is 24.7 Å². The smallest absolute Gasteiger partial charge is 0.139 e. The lowest BCUT2D eigenvalue weighted by Gasteiger charge is -1.98. The van der Waals surface area contributed by atoms with Crippen molar-refractivity contribution in [2.24, 2.45) is 0 Å². The molecule has 0 aliphatic heterocycles. The van der Waals surface area contributed by atoms with E-state index in [4.69, 9.17) is 4.42 Å². The van der Waals surface area contributed by atoms with Gasteiger partial charge in [0.25, 0.3) is 0 Å². The summed E-state index contributed by atoms with van der Waals surface area (Å²) in [5.74, 6) is 1.00. The second-order valence-electron chi connectivity index (χ2n) is 3.60. The average Bonchev–Trinajstić information content (AvgIpc) is 2.59. The summed E-state index contributed by atoms with van der Waals surface area (Å²) in [4.78, 5) is 0. The van der Waals surface area contributed by atoms with E-state index in [1.807, 2.05) is 6.07 Å². The monoisotopic (exact) mass is 316 g/mol. The van der Waals surface area contributed by atoms with Crippen LogP contribution in [0.2, 0.25) is 0 Å². The minimum atomic E-state index is 0.0341. The Kier molecular flexibility index (Phi) is 3.31. The fourth-order valence-corrected chi connectivity index (χ4v) is 2.44. The lowest BCUT2D eigenvalue weighted by atomic mass is 10.1. The maximum atomic E-state index is 9.24. The maximum Gasteiger partial charge on any atom is 0.139 e. The third-order valence-electron chi connectivity index (χ3n) is 2.38. The number of halogens is 1. The van der Waals surface area contributed by atoms with Gasteiger partial charge < -0.3 is 9.52 Å². The number of aryl methyl sites for hydroxylation is 1. The largest absolute Gasteiger partial charge is 0.461 e. The summed E-state index contributed by atoms with van der Waals surface area (Å²) in [5.41, 5.74) is 1.71. The summed E-state index contributed by atoms with van der Waals surface area (Å²) in [6.45, 7) is 2.16. The molecule has 2 rings (SSSR count). The first-order chi connectivity index (χ1) is 7.24. The van der Waals surface area contributed by atoms with E-state index >= 15 is 0 Å². The van der Waals surface area contributed by atoms with Gasteiger partial charge in [-0.15, -0.1) is 0 Å². The molecule has 0 aliphatic carbocycles. The Balaban J connectivity index is 2.58. The van der Waals surface area contributed by atoms with Crippen LogP contribution in [0.3, 0.4) is 0 Å². The predicted molar refractivity (Wildman–Crippen MR) is 68.8 cm³/mol. The summed E-state index contributed by atoms with van der Waals surface area (Å²) in [6, 6.07) is 6.11. The fraction of sp³-hybridized carbons (Fsp3) is 0.333. The molecule has 0 saturated heterocycles. The summed E-state index contributed by atoms with van der Waals surface area (Å²) >= 11 is 2.25. The molecule has 0 aliphatic rings. The highest BCUT2D eigenvalue weighted by molar-refractivity contribution is 14.1. The van der Waals surface area contributed by atoms with Gasteiger partial charge in [0.2, 0.25) is 0 Å². The van der Waals surface area contributed by atoms with Crippen molar-refractivity contribution in [1.29, 1.82) is 0 Å². The molecule has 0 saturated carbocycles. The number of furan rings is 1. The summed E-state index contributed by atoms with van der Waals surface area (Å²) in [5, 5.41) is 10.3. The summed E-state index contributed by atoms with van der Waals surface area (Å²) < 4.78 is 6.85. The van der Waals surface area contributed by atoms with Crippen molar-refractivity contribution in [3.63, 3.8) is 0 Å². The first-order valence-electron chi connectivity index (χ1n) is 5.06. The molecular weight excluding hydrogens is 303 g/mol. The number of benzene rings is 1. The molecule has 0 spiro atoms. The first kappa shape index (κ1) is 11.0. The van der Waals surface area contributed by atoms with Gasteiger partial charge in [0.1, 0.15) is 11.3 Å². The van der Waals surface area contributed by atoms with Crippen LogP contribution in [0.4, 0.5) is 0 Å². The third-order valence-corrected chi connectivity index (χ3v) is 3.00. The van der Waals surface area contributed by atoms with Crippen LogP contribution in [0.25, 0.3) is 11.0 Å². The van der Waals surface area contributed by atoms with E-state index in [0.717, 1.165) is 38.7 Å². The van der Waals surface area contributed by atoms with Crippen molar-refractivity contribution in [2.45, 2.75) is 26.4 Å². The highest BCUT2D eigenvalue weighted by atomic mass is 127. The molecule has 0 unspecified atom stereocenters. The van der Waals surface area contributed by atoms with E-state index < -0.39 is 0 Å². The van der Waals surface area contributed by atoms with E-state index in [0.29, 0.717) is 0 Å². The van der Waals surface area contributed by atoms with E-state index in [1.54, 1.807) is 0 Å². The molecule has 1 heterocycles. The Labute approximate surface area is 102 Å². The zero-order chi connectivity index (χ0) is 10.8. The quantitative estimate of drug-likeness (QED) is 0.880. The third kappa shape index (κ3) is 2.18. The molecule has 0 radical (unpaired) electrons. The number of rotatable bonds is 3. The maximum absolute atomic E-state index is 9.24. The lowest BCUT2D eigenvalue weighted by molar-refractivity contribution is 0.281. The van der Waals surface area contributed by atoms with Gasteiger partial charge in [-0.3, -0.25) is 0 Å². The molecule has 80 valence electrons. The SMILES string of the molecule is CCCc1cc2cc(I)cc(CO)c2o1. The Morgan fingerprint density at radius 3 is 2.80 bits per heavy atom. The standard InChI is InChI=1S/C12H13IO2/c1-2-3-11-6-8-4-10(13)5-9(7-14)12(8)15-11/h4-6,14H,2-3,7H2,1H3. The minimum Gasteiger partial charge on any atom is -0.461 e. The van der Waals surface area contributed by atoms with Crippen molar-refractivity contribution in [3.05, 3.63) is 33.1 Å². The minimum absolute atomic E-state index is 0.0341. The van der Waals surface area contributed by atoms with Crippen LogP contribution in [0, 0.1) is 3.57 Å². The van der Waals surface area contributed by atoms with Gasteiger partial charge in [-0.2, -0.15) is 0 Å². The van der Waals surface area contributed by atoms with E-state index in [2.05, 4.69) is 41.6 Å². The van der Waals surface area contributed by atoms with E-state index in [9.17, 15) is 5.11 Å². The first-order valence-corrected chi connectivity index (χ1v) is 6.14. The van der Waals surface area contributed by atoms with Crippen LogP contribution in [0.5, 0.6) is 0 Å². The van der Waals surface area contributed by atoms with Crippen molar-refractivity contribution in [2.75, 3.05) is 0 Å². The van der Waals surface area contributed by atoms with E-state index in [1.165, 1.54) is 0 Å². The van der Waals surface area contributed by atoms with Gasteiger partial charge in [0.15, 0.2) is 0 Å². The van der Waals surface area contributed by atoms with Gasteiger partial charge in [0.05, 0.1) is 6.61 Å². The molecule has 1 N–H and O–H groups in total. The number of hydrogen-bond donors (Lipinski definition) is 1. The zero-order valence-electron chi connectivity index (χ0n) is 8.59. The Morgan fingerprint density at radius 1 is 1.33 bits per heavy atom. The van der Waals surface area contributed by atoms with Gasteiger partial charge in [-0.05, 0) is 47.2 Å². The fourth-order valence-electron chi connectivity index (χ4n) is 1.73. The normalized spacial score (nSPS) is 11.1. The molecule has 0 atom stereocenters. The summed E-state index contributed by atoms with van der Waals surface area (Å²) in [7, 11) is 0. The molecule has 1 aromatic carbocycles. The number of aliphatic hydroxyl groups excluding tert-OH is 1. The number of aliphatic hydroxyl groups is 1. The topological polar surface area (TPSA) is 33.4 Å². The predicted octanol–water partition coefficient (Wildman–Crippen LogP) is 3.48. The van der Waals surface area contributed by atoms with Crippen LogP contribution in [-0.4, -0.2) is 5.11 Å². The highest BCUT2D eigenvalue weighted by Gasteiger charge is 2.08. The Hall–Kier alpha value is -0.550. The second kappa shape index (κ2) is 4.53. The molecule has 0 amide bonds. The van der Waals surface area contributed by atoms with Crippen molar-refractivity contribution in [1.82, 2.24) is 0 Å². The molecule has 3 heteroatoms. The molecule has 2 nitrogen and oxygen atoms in total. The van der Waals surface area contributed by atoms with Crippen LogP contribution >= 0.6 is 22.6 Å². The number of fused-ring (bicyclic) bond motifs is 1. The van der Waals surface area contributed by atoms with E-state index in [-0.39, 0.29) is 6.61 Å². The molecular formula is C12H13IO2. The van der Waals surface area contributed by atoms with Gasteiger partial charge in [-0.25, -0.2) is 0 Å². The van der Waals surface area contributed by atoms with Crippen molar-refractivity contribution < 1.29 is 9.52 Å². The molecule has 1 aromatic heterocycles. The molecule has 0 fully saturated rings. The molecule has 2 aromatic rings. The van der Waals surface area contributed by atoms with Crippen LogP contribution in [0.15, 0.2) is 22.6 Å². The second-order valence-corrected chi connectivity index (χ2v) is 4.85. The average molecular weight is 316 g/mol. The van der Waals surface area contributed by atoms with Gasteiger partial charge in [-0.1, -0.05) is 6.92 Å². The van der Waals surface area contributed by atoms with Gasteiger partial charge in [0, 0.05) is 20.9 Å². The lowest BCUT2D eigenvalue weighted by Crippen LogP contribution is -1.84. The highest BCUT2D eigenvalue weighted by Crippen LogP contribution is 2.26. The Bertz CT molecular complexity index is 474. The van der Waals surface area contributed by atoms with Crippen LogP contribution < -0.4 is 0 Å². The molecule has 15 heavy (non-hydrogen) atoms. The van der Waals surface area contributed by atoms with Crippen LogP contribution in [-0.2, 0) is 13.0 Å². The number of hydrogen-bond acceptors (Lipinski definition) is 2. The van der Waals surface area contributed by atoms with Gasteiger partial charge >= 0.3 is 0 Å². The Morgan fingerprint density at radius 2 is 2.13 bits per heavy atom.